The van der Waals surface area contributed by atoms with Gasteiger partial charge in [-0.25, -0.2) is 0 Å². The summed E-state index contributed by atoms with van der Waals surface area (Å²) in [4.78, 5) is 12.7. The second-order valence-corrected chi connectivity index (χ2v) is 6.55. The van der Waals surface area contributed by atoms with Gasteiger partial charge in [-0.15, -0.1) is 5.11 Å². The lowest BCUT2D eigenvalue weighted by atomic mass is 10.1. The highest BCUT2D eigenvalue weighted by atomic mass is 19.4. The van der Waals surface area contributed by atoms with Gasteiger partial charge in [0, 0.05) is 12.1 Å². The van der Waals surface area contributed by atoms with Crippen molar-refractivity contribution in [2.45, 2.75) is 52.3 Å². The number of unbranched alkanes of at least 4 members (excludes halogenated alkanes) is 3. The van der Waals surface area contributed by atoms with Gasteiger partial charge in [0.25, 0.3) is 5.56 Å². The average Bonchev–Trinajstić information content (AvgIpc) is 2.67. The molecule has 1 N–H and O–H groups in total. The van der Waals surface area contributed by atoms with Crippen molar-refractivity contribution in [3.8, 4) is 11.9 Å². The molecule has 2 aromatic rings. The number of azo groups is 1. The number of nitrogens with zero attached hydrogens (tertiary/aromatic N) is 4. The Hall–Kier alpha value is -3.15. The molecule has 2 rings (SSSR count). The van der Waals surface area contributed by atoms with Gasteiger partial charge in [0.05, 0.1) is 11.3 Å². The van der Waals surface area contributed by atoms with Crippen LogP contribution in [-0.4, -0.2) is 9.67 Å². The predicted molar refractivity (Wildman–Crippen MR) is 102 cm³/mol. The van der Waals surface area contributed by atoms with E-state index in [1.165, 1.54) is 19.1 Å². The fourth-order valence-electron chi connectivity index (χ4n) is 2.81. The lowest BCUT2D eigenvalue weighted by molar-refractivity contribution is -0.137. The van der Waals surface area contributed by atoms with Crippen molar-refractivity contribution in [2.24, 2.45) is 10.2 Å². The zero-order chi connectivity index (χ0) is 21.6. The molecule has 0 saturated carbocycles. The summed E-state index contributed by atoms with van der Waals surface area (Å²) in [5, 5.41) is 27.2. The summed E-state index contributed by atoms with van der Waals surface area (Å²) in [6.45, 7) is 3.67. The van der Waals surface area contributed by atoms with E-state index in [4.69, 9.17) is 0 Å². The number of hydrogen-bond donors (Lipinski definition) is 1. The van der Waals surface area contributed by atoms with Gasteiger partial charge in [-0.2, -0.15) is 23.5 Å². The molecule has 1 aromatic heterocycles. The molecule has 0 aliphatic rings. The zero-order valence-corrected chi connectivity index (χ0v) is 16.1. The topological polar surface area (TPSA) is 90.7 Å². The molecule has 0 amide bonds. The van der Waals surface area contributed by atoms with Crippen LogP contribution in [0, 0.1) is 18.3 Å². The Morgan fingerprint density at radius 3 is 2.55 bits per heavy atom. The molecular weight excluding hydrogens is 385 g/mol. The van der Waals surface area contributed by atoms with Crippen molar-refractivity contribution < 1.29 is 18.3 Å². The van der Waals surface area contributed by atoms with E-state index in [1.54, 1.807) is 0 Å². The molecule has 0 bridgehead atoms. The van der Waals surface area contributed by atoms with E-state index < -0.39 is 23.2 Å². The maximum Gasteiger partial charge on any atom is 0.416 e. The lowest BCUT2D eigenvalue weighted by Crippen LogP contribution is -2.22. The van der Waals surface area contributed by atoms with Crippen LogP contribution in [0.1, 0.15) is 49.3 Å². The highest BCUT2D eigenvalue weighted by Crippen LogP contribution is 2.32. The third-order valence-corrected chi connectivity index (χ3v) is 4.44. The number of nitriles is 1. The van der Waals surface area contributed by atoms with E-state index in [2.05, 4.69) is 10.2 Å². The minimum absolute atomic E-state index is 0.0836. The normalized spacial score (nSPS) is 11.7. The number of rotatable bonds is 7. The molecule has 0 spiro atoms. The summed E-state index contributed by atoms with van der Waals surface area (Å²) in [5.41, 5.74) is -1.80. The van der Waals surface area contributed by atoms with Crippen LogP contribution in [0.5, 0.6) is 5.88 Å². The van der Waals surface area contributed by atoms with E-state index in [-0.39, 0.29) is 29.0 Å². The first-order chi connectivity index (χ1) is 13.7. The molecule has 154 valence electrons. The Bertz CT molecular complexity index is 1000. The molecule has 0 saturated heterocycles. The smallest absolute Gasteiger partial charge is 0.416 e. The highest BCUT2D eigenvalue weighted by Gasteiger charge is 2.30. The Kier molecular flexibility index (Phi) is 7.15. The Balaban J connectivity index is 2.46. The number of hydrogen-bond acceptors (Lipinski definition) is 5. The van der Waals surface area contributed by atoms with Crippen molar-refractivity contribution in [3.63, 3.8) is 0 Å². The van der Waals surface area contributed by atoms with Crippen molar-refractivity contribution in [1.29, 1.82) is 5.26 Å². The molecule has 0 atom stereocenters. The maximum atomic E-state index is 12.8. The van der Waals surface area contributed by atoms with E-state index in [0.717, 1.165) is 36.0 Å². The van der Waals surface area contributed by atoms with Crippen LogP contribution >= 0.6 is 0 Å². The summed E-state index contributed by atoms with van der Waals surface area (Å²) < 4.78 is 39.6. The first-order valence-electron chi connectivity index (χ1n) is 9.16. The number of halogens is 3. The summed E-state index contributed by atoms with van der Waals surface area (Å²) in [5.74, 6) is -0.440. The second kappa shape index (κ2) is 9.37. The third-order valence-electron chi connectivity index (χ3n) is 4.44. The molecule has 29 heavy (non-hydrogen) atoms. The minimum atomic E-state index is -4.53. The van der Waals surface area contributed by atoms with Gasteiger partial charge in [0.2, 0.25) is 5.88 Å². The van der Waals surface area contributed by atoms with Crippen LogP contribution in [0.25, 0.3) is 0 Å². The van der Waals surface area contributed by atoms with Gasteiger partial charge < -0.3 is 5.11 Å². The van der Waals surface area contributed by atoms with Gasteiger partial charge in [-0.05, 0) is 31.5 Å². The number of pyridine rings is 1. The van der Waals surface area contributed by atoms with E-state index in [1.807, 2.05) is 13.0 Å². The van der Waals surface area contributed by atoms with Crippen LogP contribution in [0.3, 0.4) is 0 Å². The number of alkyl halides is 3. The molecule has 0 aliphatic heterocycles. The Morgan fingerprint density at radius 1 is 1.21 bits per heavy atom. The highest BCUT2D eigenvalue weighted by molar-refractivity contribution is 5.56. The van der Waals surface area contributed by atoms with Crippen LogP contribution < -0.4 is 5.56 Å². The zero-order valence-electron chi connectivity index (χ0n) is 16.1. The van der Waals surface area contributed by atoms with Gasteiger partial charge in [0.15, 0.2) is 5.69 Å². The van der Waals surface area contributed by atoms with E-state index in [9.17, 15) is 28.3 Å². The van der Waals surface area contributed by atoms with Crippen LogP contribution in [0.4, 0.5) is 24.5 Å². The molecular formula is C20H21F3N4O2. The number of aromatic hydroxyl groups is 1. The second-order valence-electron chi connectivity index (χ2n) is 6.55. The van der Waals surface area contributed by atoms with Gasteiger partial charge in [0.1, 0.15) is 11.6 Å². The van der Waals surface area contributed by atoms with Crippen LogP contribution in [0.15, 0.2) is 39.3 Å². The standard InChI is InChI=1S/C20H21F3N4O2/c1-3-4-5-6-10-27-18(28)16(12-24)13(2)17(19(27)29)26-25-15-9-7-8-14(11-15)20(21,22)23/h7-9,11,28H,3-6,10H2,1-2H3. The average molecular weight is 406 g/mol. The fourth-order valence-corrected chi connectivity index (χ4v) is 2.81. The third kappa shape index (κ3) is 5.22. The van der Waals surface area contributed by atoms with Crippen molar-refractivity contribution >= 4 is 11.4 Å². The van der Waals surface area contributed by atoms with Gasteiger partial charge in [-0.1, -0.05) is 32.3 Å². The van der Waals surface area contributed by atoms with Gasteiger partial charge in [-0.3, -0.25) is 9.36 Å². The molecule has 0 radical (unpaired) electrons. The summed E-state index contributed by atoms with van der Waals surface area (Å²) >= 11 is 0. The molecule has 0 unspecified atom stereocenters. The quantitative estimate of drug-likeness (QED) is 0.469. The van der Waals surface area contributed by atoms with Crippen LogP contribution in [-0.2, 0) is 12.7 Å². The van der Waals surface area contributed by atoms with Crippen molar-refractivity contribution in [3.05, 3.63) is 51.3 Å². The number of benzene rings is 1. The van der Waals surface area contributed by atoms with Gasteiger partial charge >= 0.3 is 6.18 Å². The summed E-state index contributed by atoms with van der Waals surface area (Å²) in [7, 11) is 0. The van der Waals surface area contributed by atoms with E-state index >= 15 is 0 Å². The number of aromatic nitrogens is 1. The largest absolute Gasteiger partial charge is 0.493 e. The molecule has 1 aromatic carbocycles. The van der Waals surface area contributed by atoms with E-state index in [0.29, 0.717) is 6.42 Å². The SMILES string of the molecule is CCCCCCn1c(O)c(C#N)c(C)c(N=Nc2cccc(C(F)(F)F)c2)c1=O. The Labute approximate surface area is 165 Å². The summed E-state index contributed by atoms with van der Waals surface area (Å²) in [6, 6.07) is 6.07. The molecule has 6 nitrogen and oxygen atoms in total. The molecule has 1 heterocycles. The van der Waals surface area contributed by atoms with Crippen LogP contribution in [0.2, 0.25) is 0 Å². The maximum absolute atomic E-state index is 12.8. The molecule has 9 heteroatoms. The predicted octanol–water partition coefficient (Wildman–Crippen LogP) is 5.75. The van der Waals surface area contributed by atoms with Crippen molar-refractivity contribution in [1.82, 2.24) is 4.57 Å². The first kappa shape index (κ1) is 22.1. The summed E-state index contributed by atoms with van der Waals surface area (Å²) in [6.07, 6.45) is -1.10. The monoisotopic (exact) mass is 406 g/mol. The molecule has 0 fully saturated rings. The lowest BCUT2D eigenvalue weighted by Gasteiger charge is -2.13. The fraction of sp³-hybridized carbons (Fsp3) is 0.400. The Morgan fingerprint density at radius 2 is 1.93 bits per heavy atom. The van der Waals surface area contributed by atoms with Crippen molar-refractivity contribution in [2.75, 3.05) is 0 Å². The molecule has 0 aliphatic carbocycles. The minimum Gasteiger partial charge on any atom is -0.493 e. The first-order valence-corrected chi connectivity index (χ1v) is 9.16.